The molecule has 1 aliphatic carbocycles. The monoisotopic (exact) mass is 411 g/mol. The van der Waals surface area contributed by atoms with Crippen LogP contribution in [0.4, 0.5) is 0 Å². The minimum Gasteiger partial charge on any atom is -0.369 e. The van der Waals surface area contributed by atoms with Crippen LogP contribution in [0.2, 0.25) is 0 Å². The van der Waals surface area contributed by atoms with Gasteiger partial charge in [0.1, 0.15) is 0 Å². The number of carbonyl (C=O) groups is 1. The van der Waals surface area contributed by atoms with Gasteiger partial charge in [0.05, 0.1) is 31.1 Å². The summed E-state index contributed by atoms with van der Waals surface area (Å²) < 4.78 is 8.19. The standard InChI is InChI=1S/C23H33N5O2/c1-18-19(12-25-26(18)2)13-27-14-22(30-17-20-8-6-7-11-24-20)15-28(23(29)16-27)21-9-4-3-5-10-21/h6-8,11-12,21-22H,3-5,9-10,13-17H2,1-2H3. The van der Waals surface area contributed by atoms with Crippen LogP contribution in [0.3, 0.4) is 0 Å². The van der Waals surface area contributed by atoms with Crippen LogP contribution in [0.1, 0.15) is 49.1 Å². The molecule has 1 atom stereocenters. The van der Waals surface area contributed by atoms with E-state index in [4.69, 9.17) is 4.74 Å². The molecule has 7 nitrogen and oxygen atoms in total. The van der Waals surface area contributed by atoms with Gasteiger partial charge in [-0.3, -0.25) is 19.4 Å². The van der Waals surface area contributed by atoms with Gasteiger partial charge < -0.3 is 9.64 Å². The van der Waals surface area contributed by atoms with Gasteiger partial charge in [0.25, 0.3) is 0 Å². The lowest BCUT2D eigenvalue weighted by atomic mass is 9.94. The Morgan fingerprint density at radius 2 is 2.00 bits per heavy atom. The first-order chi connectivity index (χ1) is 14.6. The summed E-state index contributed by atoms with van der Waals surface area (Å²) in [5, 5.41) is 4.36. The Labute approximate surface area is 179 Å². The maximum absolute atomic E-state index is 13.2. The highest BCUT2D eigenvalue weighted by atomic mass is 16.5. The maximum atomic E-state index is 13.2. The molecule has 0 aromatic carbocycles. The fraction of sp³-hybridized carbons (Fsp3) is 0.609. The Kier molecular flexibility index (Phi) is 6.79. The van der Waals surface area contributed by atoms with Crippen LogP contribution in [-0.4, -0.2) is 62.3 Å². The molecule has 0 spiro atoms. The van der Waals surface area contributed by atoms with Gasteiger partial charge in [0.2, 0.25) is 5.91 Å². The molecule has 7 heteroatoms. The Bertz CT molecular complexity index is 831. The number of pyridine rings is 1. The van der Waals surface area contributed by atoms with E-state index in [-0.39, 0.29) is 12.0 Å². The number of hydrogen-bond donors (Lipinski definition) is 0. The molecule has 2 fully saturated rings. The number of nitrogens with zero attached hydrogens (tertiary/aromatic N) is 5. The zero-order valence-corrected chi connectivity index (χ0v) is 18.2. The third kappa shape index (κ3) is 5.08. The van der Waals surface area contributed by atoms with Crippen molar-refractivity contribution in [2.24, 2.45) is 7.05 Å². The highest BCUT2D eigenvalue weighted by molar-refractivity contribution is 5.79. The molecule has 2 aliphatic rings. The summed E-state index contributed by atoms with van der Waals surface area (Å²) in [6, 6.07) is 6.23. The molecule has 0 bridgehead atoms. The van der Waals surface area contributed by atoms with Crippen molar-refractivity contribution in [2.45, 2.75) is 64.3 Å². The first-order valence-electron chi connectivity index (χ1n) is 11.1. The second-order valence-electron chi connectivity index (χ2n) is 8.64. The third-order valence-corrected chi connectivity index (χ3v) is 6.48. The van der Waals surface area contributed by atoms with Crippen LogP contribution in [0.5, 0.6) is 0 Å². The summed E-state index contributed by atoms with van der Waals surface area (Å²) in [7, 11) is 1.95. The zero-order chi connectivity index (χ0) is 20.9. The Morgan fingerprint density at radius 3 is 2.70 bits per heavy atom. The van der Waals surface area contributed by atoms with Gasteiger partial charge in [-0.2, -0.15) is 5.10 Å². The van der Waals surface area contributed by atoms with E-state index >= 15 is 0 Å². The van der Waals surface area contributed by atoms with Gasteiger partial charge in [0, 0.05) is 50.2 Å². The highest BCUT2D eigenvalue weighted by Gasteiger charge is 2.33. The van der Waals surface area contributed by atoms with Crippen molar-refractivity contribution in [2.75, 3.05) is 19.6 Å². The quantitative estimate of drug-likeness (QED) is 0.731. The van der Waals surface area contributed by atoms with E-state index in [0.717, 1.165) is 30.8 Å². The zero-order valence-electron chi connectivity index (χ0n) is 18.2. The van der Waals surface area contributed by atoms with E-state index in [1.54, 1.807) is 6.20 Å². The minimum atomic E-state index is -0.0302. The molecule has 30 heavy (non-hydrogen) atoms. The molecule has 1 saturated heterocycles. The lowest BCUT2D eigenvalue weighted by Gasteiger charge is -2.35. The second-order valence-corrected chi connectivity index (χ2v) is 8.64. The lowest BCUT2D eigenvalue weighted by molar-refractivity contribution is -0.135. The van der Waals surface area contributed by atoms with E-state index in [1.807, 2.05) is 36.1 Å². The highest BCUT2D eigenvalue weighted by Crippen LogP contribution is 2.25. The van der Waals surface area contributed by atoms with E-state index in [1.165, 1.54) is 24.8 Å². The van der Waals surface area contributed by atoms with Crippen molar-refractivity contribution >= 4 is 5.91 Å². The maximum Gasteiger partial charge on any atom is 0.237 e. The normalized spacial score (nSPS) is 21.7. The van der Waals surface area contributed by atoms with Gasteiger partial charge >= 0.3 is 0 Å². The Hall–Kier alpha value is -2.25. The Morgan fingerprint density at radius 1 is 1.17 bits per heavy atom. The average Bonchev–Trinajstić information content (AvgIpc) is 2.99. The molecule has 3 heterocycles. The summed E-state index contributed by atoms with van der Waals surface area (Å²) in [4.78, 5) is 21.9. The summed E-state index contributed by atoms with van der Waals surface area (Å²) >= 11 is 0. The molecule has 162 valence electrons. The topological polar surface area (TPSA) is 63.5 Å². The summed E-state index contributed by atoms with van der Waals surface area (Å²) in [5.41, 5.74) is 3.23. The van der Waals surface area contributed by atoms with Gasteiger partial charge in [0.15, 0.2) is 0 Å². The van der Waals surface area contributed by atoms with Gasteiger partial charge in [-0.05, 0) is 31.9 Å². The number of ether oxygens (including phenoxy) is 1. The van der Waals surface area contributed by atoms with Gasteiger partial charge in [-0.1, -0.05) is 25.3 Å². The Balaban J connectivity index is 1.49. The molecule has 4 rings (SSSR count). The summed E-state index contributed by atoms with van der Waals surface area (Å²) in [6.07, 6.45) is 9.61. The van der Waals surface area contributed by atoms with Crippen molar-refractivity contribution in [1.29, 1.82) is 0 Å². The number of aryl methyl sites for hydroxylation is 1. The van der Waals surface area contributed by atoms with E-state index < -0.39 is 0 Å². The number of amides is 1. The molecule has 0 radical (unpaired) electrons. The van der Waals surface area contributed by atoms with Crippen molar-refractivity contribution in [3.8, 4) is 0 Å². The van der Waals surface area contributed by atoms with Crippen molar-refractivity contribution in [3.05, 3.63) is 47.5 Å². The molecule has 0 N–H and O–H groups in total. The van der Waals surface area contributed by atoms with E-state index in [9.17, 15) is 4.79 Å². The first-order valence-corrected chi connectivity index (χ1v) is 11.1. The van der Waals surface area contributed by atoms with Crippen LogP contribution >= 0.6 is 0 Å². The molecule has 2 aromatic rings. The fourth-order valence-corrected chi connectivity index (χ4v) is 4.61. The smallest absolute Gasteiger partial charge is 0.237 e. The van der Waals surface area contributed by atoms with Crippen LogP contribution in [0.15, 0.2) is 30.6 Å². The molecule has 1 unspecified atom stereocenters. The lowest BCUT2D eigenvalue weighted by Crippen LogP contribution is -2.45. The predicted molar refractivity (Wildman–Crippen MR) is 115 cm³/mol. The molecular weight excluding hydrogens is 378 g/mol. The van der Waals surface area contributed by atoms with E-state index in [0.29, 0.717) is 32.3 Å². The predicted octanol–water partition coefficient (Wildman–Crippen LogP) is 2.69. The molecule has 1 saturated carbocycles. The molecular formula is C23H33N5O2. The fourth-order valence-electron chi connectivity index (χ4n) is 4.61. The van der Waals surface area contributed by atoms with Gasteiger partial charge in [-0.15, -0.1) is 0 Å². The first kappa shape index (κ1) is 21.0. The minimum absolute atomic E-state index is 0.0302. The average molecular weight is 412 g/mol. The van der Waals surface area contributed by atoms with Gasteiger partial charge in [-0.25, -0.2) is 0 Å². The van der Waals surface area contributed by atoms with Crippen LogP contribution in [0.25, 0.3) is 0 Å². The number of aromatic nitrogens is 3. The molecule has 2 aromatic heterocycles. The summed E-state index contributed by atoms with van der Waals surface area (Å²) in [6.45, 7) is 5.10. The SMILES string of the molecule is Cc1c(CN2CC(=O)N(C3CCCCC3)CC(OCc3ccccn3)C2)cnn1C. The number of carbonyl (C=O) groups excluding carboxylic acids is 1. The number of hydrogen-bond acceptors (Lipinski definition) is 5. The second kappa shape index (κ2) is 9.71. The van der Waals surface area contributed by atoms with Crippen LogP contribution in [0, 0.1) is 6.92 Å². The van der Waals surface area contributed by atoms with E-state index in [2.05, 4.69) is 26.8 Å². The molecule has 1 amide bonds. The third-order valence-electron chi connectivity index (χ3n) is 6.48. The number of rotatable bonds is 6. The van der Waals surface area contributed by atoms with Crippen molar-refractivity contribution in [3.63, 3.8) is 0 Å². The summed E-state index contributed by atoms with van der Waals surface area (Å²) in [5.74, 6) is 0.229. The van der Waals surface area contributed by atoms with Crippen LogP contribution in [-0.2, 0) is 29.7 Å². The van der Waals surface area contributed by atoms with Crippen molar-refractivity contribution in [1.82, 2.24) is 24.6 Å². The van der Waals surface area contributed by atoms with Crippen molar-refractivity contribution < 1.29 is 9.53 Å². The van der Waals surface area contributed by atoms with Crippen LogP contribution < -0.4 is 0 Å². The largest absolute Gasteiger partial charge is 0.369 e. The molecule has 1 aliphatic heterocycles.